The van der Waals surface area contributed by atoms with Crippen LogP contribution in [-0.2, 0) is 9.53 Å². The van der Waals surface area contributed by atoms with E-state index in [2.05, 4.69) is 17.0 Å². The lowest BCUT2D eigenvalue weighted by Gasteiger charge is -1.91. The van der Waals surface area contributed by atoms with E-state index in [0.717, 1.165) is 0 Å². The van der Waals surface area contributed by atoms with Crippen LogP contribution >= 0.6 is 12.2 Å². The fourth-order valence-corrected chi connectivity index (χ4v) is 0.387. The van der Waals surface area contributed by atoms with Gasteiger partial charge in [-0.3, -0.25) is 0 Å². The van der Waals surface area contributed by atoms with E-state index in [1.54, 1.807) is 6.92 Å². The number of allylic oxidation sites excluding steroid dienone is 1. The first kappa shape index (κ1) is 8.30. The number of hydrogen-bond acceptors (Lipinski definition) is 3. The Bertz CT molecular complexity index is 129. The Morgan fingerprint density at radius 2 is 2.44 bits per heavy atom. The Hall–Kier alpha value is -0.700. The molecule has 9 heavy (non-hydrogen) atoms. The van der Waals surface area contributed by atoms with Gasteiger partial charge in [0.1, 0.15) is 0 Å². The van der Waals surface area contributed by atoms with Crippen molar-refractivity contribution in [1.29, 1.82) is 0 Å². The highest BCUT2D eigenvalue weighted by atomic mass is 32.1. The molecule has 0 aliphatic rings. The number of rotatable bonds is 3. The lowest BCUT2D eigenvalue weighted by molar-refractivity contribution is -0.137. The highest BCUT2D eigenvalue weighted by Gasteiger charge is 1.89. The molecule has 0 atom stereocenters. The average molecular weight is 144 g/mol. The molecule has 0 fully saturated rings. The summed E-state index contributed by atoms with van der Waals surface area (Å²) in [5.41, 5.74) is 0. The summed E-state index contributed by atoms with van der Waals surface area (Å²) in [4.78, 5) is 10.4. The van der Waals surface area contributed by atoms with Gasteiger partial charge in [-0.25, -0.2) is 4.79 Å². The third kappa shape index (κ3) is 5.17. The molecule has 2 nitrogen and oxygen atoms in total. The van der Waals surface area contributed by atoms with Crippen molar-refractivity contribution in [2.45, 2.75) is 6.92 Å². The van der Waals surface area contributed by atoms with Crippen LogP contribution in [0.15, 0.2) is 12.2 Å². The summed E-state index contributed by atoms with van der Waals surface area (Å²) in [5.74, 6) is -0.349. The van der Waals surface area contributed by atoms with E-state index in [0.29, 0.717) is 6.61 Å². The van der Waals surface area contributed by atoms with Gasteiger partial charge in [-0.05, 0) is 13.0 Å². The summed E-state index contributed by atoms with van der Waals surface area (Å²) in [6.45, 7) is 2.16. The van der Waals surface area contributed by atoms with Gasteiger partial charge in [0, 0.05) is 11.4 Å². The monoisotopic (exact) mass is 144 g/mol. The molecule has 0 bridgehead atoms. The van der Waals surface area contributed by atoms with E-state index in [9.17, 15) is 4.79 Å². The SMILES string of the molecule is CCOC(=O)/C=C/C=S. The molecule has 0 aliphatic heterocycles. The molecular weight excluding hydrogens is 136 g/mol. The van der Waals surface area contributed by atoms with Gasteiger partial charge in [0.2, 0.25) is 0 Å². The molecule has 0 N–H and O–H groups in total. The third-order valence-corrected chi connectivity index (χ3v) is 0.755. The average Bonchev–Trinajstić information content (AvgIpc) is 1.85. The molecule has 50 valence electrons. The first-order valence-electron chi connectivity index (χ1n) is 2.60. The number of carbonyl (C=O) groups is 1. The van der Waals surface area contributed by atoms with E-state index in [-0.39, 0.29) is 5.97 Å². The van der Waals surface area contributed by atoms with Crippen LogP contribution in [0.25, 0.3) is 0 Å². The molecule has 0 spiro atoms. The van der Waals surface area contributed by atoms with Gasteiger partial charge < -0.3 is 4.74 Å². The van der Waals surface area contributed by atoms with Gasteiger partial charge in [-0.2, -0.15) is 0 Å². The van der Waals surface area contributed by atoms with Gasteiger partial charge in [0.25, 0.3) is 0 Å². The summed E-state index contributed by atoms with van der Waals surface area (Å²) >= 11 is 4.43. The molecule has 0 heterocycles. The van der Waals surface area contributed by atoms with Crippen molar-refractivity contribution in [2.75, 3.05) is 6.61 Å². The number of carbonyl (C=O) groups excluding carboxylic acids is 1. The zero-order valence-electron chi connectivity index (χ0n) is 5.16. The second kappa shape index (κ2) is 5.44. The Morgan fingerprint density at radius 3 is 2.89 bits per heavy atom. The lowest BCUT2D eigenvalue weighted by Crippen LogP contribution is -1.98. The van der Waals surface area contributed by atoms with E-state index in [4.69, 9.17) is 0 Å². The van der Waals surface area contributed by atoms with Crippen LogP contribution in [0.1, 0.15) is 6.92 Å². The molecule has 0 radical (unpaired) electrons. The zero-order chi connectivity index (χ0) is 7.11. The van der Waals surface area contributed by atoms with Crippen molar-refractivity contribution >= 4 is 23.6 Å². The highest BCUT2D eigenvalue weighted by Crippen LogP contribution is 1.78. The van der Waals surface area contributed by atoms with Crippen LogP contribution in [0.2, 0.25) is 0 Å². The second-order valence-electron chi connectivity index (χ2n) is 1.25. The van der Waals surface area contributed by atoms with Crippen molar-refractivity contribution in [1.82, 2.24) is 0 Å². The Kier molecular flexibility index (Phi) is 5.01. The first-order chi connectivity index (χ1) is 4.31. The molecule has 0 saturated carbocycles. The first-order valence-corrected chi connectivity index (χ1v) is 3.07. The fraction of sp³-hybridized carbons (Fsp3) is 0.333. The molecule has 0 aromatic carbocycles. The van der Waals surface area contributed by atoms with Crippen LogP contribution in [0, 0.1) is 0 Å². The largest absolute Gasteiger partial charge is 0.463 e. The van der Waals surface area contributed by atoms with Crippen molar-refractivity contribution in [3.63, 3.8) is 0 Å². The molecule has 0 aromatic heterocycles. The van der Waals surface area contributed by atoms with Crippen molar-refractivity contribution in [3.8, 4) is 0 Å². The number of hydrogen-bond donors (Lipinski definition) is 0. The molecule has 3 heteroatoms. The van der Waals surface area contributed by atoms with E-state index in [1.807, 2.05) is 0 Å². The minimum atomic E-state index is -0.349. The second-order valence-corrected chi connectivity index (χ2v) is 1.52. The number of esters is 1. The minimum Gasteiger partial charge on any atom is -0.463 e. The Labute approximate surface area is 59.5 Å². The van der Waals surface area contributed by atoms with Crippen LogP contribution < -0.4 is 0 Å². The normalized spacial score (nSPS) is 9.44. The van der Waals surface area contributed by atoms with Crippen LogP contribution in [0.5, 0.6) is 0 Å². The lowest BCUT2D eigenvalue weighted by atomic mass is 10.5. The topological polar surface area (TPSA) is 26.3 Å². The molecule has 0 aromatic rings. The highest BCUT2D eigenvalue weighted by molar-refractivity contribution is 7.79. The van der Waals surface area contributed by atoms with Gasteiger partial charge >= 0.3 is 5.97 Å². The van der Waals surface area contributed by atoms with Gasteiger partial charge in [0.05, 0.1) is 6.61 Å². The summed E-state index contributed by atoms with van der Waals surface area (Å²) < 4.78 is 4.55. The summed E-state index contributed by atoms with van der Waals surface area (Å²) in [5, 5.41) is 1.36. The summed E-state index contributed by atoms with van der Waals surface area (Å²) in [7, 11) is 0. The van der Waals surface area contributed by atoms with E-state index in [1.165, 1.54) is 17.5 Å². The Morgan fingerprint density at radius 1 is 1.78 bits per heavy atom. The maximum Gasteiger partial charge on any atom is 0.330 e. The zero-order valence-corrected chi connectivity index (χ0v) is 5.98. The maximum atomic E-state index is 10.4. The van der Waals surface area contributed by atoms with Crippen LogP contribution in [0.3, 0.4) is 0 Å². The van der Waals surface area contributed by atoms with Crippen molar-refractivity contribution in [3.05, 3.63) is 12.2 Å². The van der Waals surface area contributed by atoms with Gasteiger partial charge in [-0.1, -0.05) is 12.2 Å². The fourth-order valence-electron chi connectivity index (χ4n) is 0.308. The number of thiocarbonyl (C=S) groups is 1. The summed E-state index contributed by atoms with van der Waals surface area (Å²) in [6, 6.07) is 0. The molecule has 0 rings (SSSR count). The third-order valence-electron chi connectivity index (χ3n) is 0.597. The minimum absolute atomic E-state index is 0.349. The van der Waals surface area contributed by atoms with Crippen molar-refractivity contribution < 1.29 is 9.53 Å². The van der Waals surface area contributed by atoms with Gasteiger partial charge in [0.15, 0.2) is 0 Å². The Balaban J connectivity index is 3.49. The van der Waals surface area contributed by atoms with Gasteiger partial charge in [-0.15, -0.1) is 0 Å². The molecule has 0 unspecified atom stereocenters. The number of ether oxygens (including phenoxy) is 1. The quantitative estimate of drug-likeness (QED) is 0.337. The molecular formula is C6H8O2S. The van der Waals surface area contributed by atoms with Crippen molar-refractivity contribution in [2.24, 2.45) is 0 Å². The van der Waals surface area contributed by atoms with Crippen LogP contribution in [0.4, 0.5) is 0 Å². The standard InChI is InChI=1S/C6H8O2S/c1-2-8-6(7)4-3-5-9/h3-5H,2H2,1H3/b4-3+. The van der Waals surface area contributed by atoms with E-state index >= 15 is 0 Å². The van der Waals surface area contributed by atoms with Crippen LogP contribution in [-0.4, -0.2) is 17.9 Å². The predicted octanol–water partition coefficient (Wildman–Crippen LogP) is 1.11. The molecule has 0 amide bonds. The smallest absolute Gasteiger partial charge is 0.330 e. The maximum absolute atomic E-state index is 10.4. The molecule has 0 aliphatic carbocycles. The van der Waals surface area contributed by atoms with E-state index < -0.39 is 0 Å². The predicted molar refractivity (Wildman–Crippen MR) is 39.4 cm³/mol. The molecule has 0 saturated heterocycles. The summed E-state index contributed by atoms with van der Waals surface area (Å²) in [6.07, 6.45) is 2.75.